The lowest BCUT2D eigenvalue weighted by molar-refractivity contribution is 0.461. The Labute approximate surface area is 112 Å². The van der Waals surface area contributed by atoms with Gasteiger partial charge in [-0.1, -0.05) is 0 Å². The van der Waals surface area contributed by atoms with E-state index in [1.165, 1.54) is 18.2 Å². The first-order chi connectivity index (χ1) is 9.70. The summed E-state index contributed by atoms with van der Waals surface area (Å²) < 4.78 is 0. The molecule has 4 aromatic rings. The van der Waals surface area contributed by atoms with E-state index in [0.717, 1.165) is 11.0 Å². The molecule has 7 nitrogen and oxygen atoms in total. The minimum absolute atomic E-state index is 0.0329. The number of phenolic OH excluding ortho intramolecular Hbond substituents is 2. The average molecular weight is 267 g/mol. The van der Waals surface area contributed by atoms with Gasteiger partial charge in [0, 0.05) is 0 Å². The summed E-state index contributed by atoms with van der Waals surface area (Å²) >= 11 is 0. The van der Waals surface area contributed by atoms with Crippen molar-refractivity contribution >= 4 is 22.3 Å². The number of imidazole rings is 2. The molecule has 0 saturated heterocycles. The van der Waals surface area contributed by atoms with Crippen LogP contribution in [0.2, 0.25) is 0 Å². The van der Waals surface area contributed by atoms with E-state index in [4.69, 9.17) is 0 Å². The van der Waals surface area contributed by atoms with Crippen LogP contribution in [0, 0.1) is 0 Å². The van der Waals surface area contributed by atoms with Crippen molar-refractivity contribution in [1.29, 1.82) is 0 Å². The summed E-state index contributed by atoms with van der Waals surface area (Å²) in [6.45, 7) is 0. The van der Waals surface area contributed by atoms with Gasteiger partial charge >= 0.3 is 0 Å². The second-order valence-corrected chi connectivity index (χ2v) is 4.42. The maximum atomic E-state index is 9.85. The molecule has 3 heterocycles. The summed E-state index contributed by atoms with van der Waals surface area (Å²) in [4.78, 5) is 18.7. The van der Waals surface area contributed by atoms with Crippen molar-refractivity contribution in [3.05, 3.63) is 30.6 Å². The van der Waals surface area contributed by atoms with E-state index in [1.807, 2.05) is 6.07 Å². The number of pyridine rings is 1. The molecule has 4 rings (SSSR count). The summed E-state index contributed by atoms with van der Waals surface area (Å²) in [5, 5.41) is 19.4. The summed E-state index contributed by atoms with van der Waals surface area (Å²) in [6, 6.07) is 6.11. The van der Waals surface area contributed by atoms with E-state index in [9.17, 15) is 10.2 Å². The van der Waals surface area contributed by atoms with Gasteiger partial charge in [-0.2, -0.15) is 0 Å². The second-order valence-electron chi connectivity index (χ2n) is 4.42. The van der Waals surface area contributed by atoms with Crippen molar-refractivity contribution in [2.24, 2.45) is 0 Å². The van der Waals surface area contributed by atoms with E-state index in [2.05, 4.69) is 24.9 Å². The monoisotopic (exact) mass is 267 g/mol. The van der Waals surface area contributed by atoms with Gasteiger partial charge < -0.3 is 20.2 Å². The Hall–Kier alpha value is -3.09. The Morgan fingerprint density at radius 1 is 0.950 bits per heavy atom. The average Bonchev–Trinajstić information content (AvgIpc) is 3.03. The normalized spacial score (nSPS) is 11.4. The first-order valence-corrected chi connectivity index (χ1v) is 5.93. The highest BCUT2D eigenvalue weighted by atomic mass is 16.3. The highest BCUT2D eigenvalue weighted by molar-refractivity contribution is 5.87. The number of aromatic amines is 2. The van der Waals surface area contributed by atoms with Gasteiger partial charge in [-0.25, -0.2) is 15.0 Å². The van der Waals surface area contributed by atoms with Gasteiger partial charge in [-0.05, 0) is 24.3 Å². The van der Waals surface area contributed by atoms with Crippen LogP contribution in [0.25, 0.3) is 33.7 Å². The van der Waals surface area contributed by atoms with E-state index in [0.29, 0.717) is 22.7 Å². The molecule has 20 heavy (non-hydrogen) atoms. The number of nitrogens with one attached hydrogen (secondary N) is 2. The number of hydrogen-bond donors (Lipinski definition) is 4. The van der Waals surface area contributed by atoms with Crippen LogP contribution in [-0.4, -0.2) is 35.1 Å². The van der Waals surface area contributed by atoms with E-state index < -0.39 is 0 Å². The zero-order valence-corrected chi connectivity index (χ0v) is 10.1. The van der Waals surface area contributed by atoms with Crippen molar-refractivity contribution in [3.63, 3.8) is 0 Å². The number of fused-ring (bicyclic) bond motifs is 2. The van der Waals surface area contributed by atoms with Crippen molar-refractivity contribution in [2.75, 3.05) is 0 Å². The van der Waals surface area contributed by atoms with Gasteiger partial charge in [0.05, 0.1) is 22.9 Å². The zero-order chi connectivity index (χ0) is 13.7. The first-order valence-electron chi connectivity index (χ1n) is 5.93. The standard InChI is InChI=1S/C13H9N5O2/c19-6-1-2-10(20)7(3-6)11-16-9-4-8-12(15-5-14-8)18-13(9)17-11/h1-5,19-20H,(H2,14,15,16,17,18). The molecular weight excluding hydrogens is 258 g/mol. The summed E-state index contributed by atoms with van der Waals surface area (Å²) in [7, 11) is 0. The summed E-state index contributed by atoms with van der Waals surface area (Å²) in [6.07, 6.45) is 1.57. The van der Waals surface area contributed by atoms with Gasteiger partial charge in [0.25, 0.3) is 0 Å². The van der Waals surface area contributed by atoms with E-state index in [1.54, 1.807) is 6.33 Å². The molecule has 0 aliphatic carbocycles. The number of nitrogens with zero attached hydrogens (tertiary/aromatic N) is 3. The largest absolute Gasteiger partial charge is 0.508 e. The number of hydrogen-bond acceptors (Lipinski definition) is 5. The highest BCUT2D eigenvalue weighted by Crippen LogP contribution is 2.31. The van der Waals surface area contributed by atoms with Crippen LogP contribution in [0.1, 0.15) is 0 Å². The molecule has 0 fully saturated rings. The molecule has 0 saturated carbocycles. The van der Waals surface area contributed by atoms with Crippen molar-refractivity contribution in [3.8, 4) is 22.9 Å². The quantitative estimate of drug-likeness (QED) is 0.394. The van der Waals surface area contributed by atoms with Crippen LogP contribution < -0.4 is 0 Å². The topological polar surface area (TPSA) is 111 Å². The summed E-state index contributed by atoms with van der Waals surface area (Å²) in [5.41, 5.74) is 3.02. The molecule has 0 radical (unpaired) electrons. The maximum absolute atomic E-state index is 9.85. The molecule has 0 atom stereocenters. The van der Waals surface area contributed by atoms with Crippen LogP contribution in [-0.2, 0) is 0 Å². The lowest BCUT2D eigenvalue weighted by Gasteiger charge is -2.01. The number of benzene rings is 1. The molecule has 4 N–H and O–H groups in total. The SMILES string of the molecule is Oc1ccc(O)c(-c2nc3nc4nc[nH]c4cc3[nH]2)c1. The van der Waals surface area contributed by atoms with Crippen LogP contribution in [0.4, 0.5) is 0 Å². The number of H-pyrrole nitrogens is 2. The lowest BCUT2D eigenvalue weighted by Crippen LogP contribution is -1.81. The van der Waals surface area contributed by atoms with Gasteiger partial charge in [0.2, 0.25) is 0 Å². The molecule has 0 aliphatic heterocycles. The van der Waals surface area contributed by atoms with Gasteiger partial charge in [0.15, 0.2) is 11.3 Å². The summed E-state index contributed by atoms with van der Waals surface area (Å²) in [5.74, 6) is 0.527. The van der Waals surface area contributed by atoms with Crippen LogP contribution in [0.5, 0.6) is 11.5 Å². The molecule has 7 heteroatoms. The minimum atomic E-state index is 0.0329. The fraction of sp³-hybridized carbons (Fsp3) is 0. The Morgan fingerprint density at radius 2 is 1.85 bits per heavy atom. The Bertz CT molecular complexity index is 892. The number of phenols is 2. The Morgan fingerprint density at radius 3 is 2.75 bits per heavy atom. The predicted molar refractivity (Wildman–Crippen MR) is 72.3 cm³/mol. The second kappa shape index (κ2) is 3.70. The molecule has 98 valence electrons. The Kier molecular flexibility index (Phi) is 2.00. The lowest BCUT2D eigenvalue weighted by atomic mass is 10.2. The molecule has 0 unspecified atom stereocenters. The van der Waals surface area contributed by atoms with Gasteiger partial charge in [0.1, 0.15) is 17.3 Å². The van der Waals surface area contributed by atoms with Crippen LogP contribution in [0.15, 0.2) is 30.6 Å². The molecule has 0 bridgehead atoms. The van der Waals surface area contributed by atoms with Gasteiger partial charge in [-0.3, -0.25) is 0 Å². The molecular formula is C13H9N5O2. The molecule has 1 aromatic carbocycles. The third-order valence-electron chi connectivity index (χ3n) is 3.10. The first kappa shape index (κ1) is 10.8. The maximum Gasteiger partial charge on any atom is 0.180 e. The van der Waals surface area contributed by atoms with E-state index >= 15 is 0 Å². The number of aromatic hydroxyl groups is 2. The van der Waals surface area contributed by atoms with Crippen molar-refractivity contribution < 1.29 is 10.2 Å². The van der Waals surface area contributed by atoms with E-state index in [-0.39, 0.29) is 11.5 Å². The van der Waals surface area contributed by atoms with Crippen LogP contribution >= 0.6 is 0 Å². The zero-order valence-electron chi connectivity index (χ0n) is 10.1. The molecule has 0 aliphatic rings. The van der Waals surface area contributed by atoms with Crippen molar-refractivity contribution in [2.45, 2.75) is 0 Å². The molecule has 3 aromatic heterocycles. The van der Waals surface area contributed by atoms with Gasteiger partial charge in [-0.15, -0.1) is 0 Å². The third-order valence-corrected chi connectivity index (χ3v) is 3.10. The Balaban J connectivity index is 1.98. The van der Waals surface area contributed by atoms with Crippen molar-refractivity contribution in [1.82, 2.24) is 24.9 Å². The highest BCUT2D eigenvalue weighted by Gasteiger charge is 2.12. The van der Waals surface area contributed by atoms with Crippen LogP contribution in [0.3, 0.4) is 0 Å². The molecule has 0 spiro atoms. The smallest absolute Gasteiger partial charge is 0.180 e. The fourth-order valence-corrected chi connectivity index (χ4v) is 2.14. The number of rotatable bonds is 1. The fourth-order valence-electron chi connectivity index (χ4n) is 2.14. The predicted octanol–water partition coefficient (Wildman–Crippen LogP) is 1.91. The number of aromatic nitrogens is 5. The minimum Gasteiger partial charge on any atom is -0.508 e. The molecule has 0 amide bonds. The third kappa shape index (κ3) is 1.50.